The number of allylic oxidation sites excluding steroid dienone is 1. The number of carbonyl (C=O) groups excluding carboxylic acids is 1. The molecule has 1 unspecified atom stereocenters. The molecule has 2 aliphatic rings. The number of rotatable bonds is 2. The normalized spacial score (nSPS) is 36.2. The third kappa shape index (κ3) is 1.48. The van der Waals surface area contributed by atoms with Gasteiger partial charge in [0.05, 0.1) is 6.61 Å². The molecular formula is C10H15NO2. The molecule has 3 atom stereocenters. The second-order valence-electron chi connectivity index (χ2n) is 3.63. The van der Waals surface area contributed by atoms with E-state index in [1.807, 2.05) is 6.92 Å². The van der Waals surface area contributed by atoms with Gasteiger partial charge in [0, 0.05) is 6.54 Å². The van der Waals surface area contributed by atoms with Gasteiger partial charge in [-0.3, -0.25) is 4.79 Å². The minimum absolute atomic E-state index is 0.0695. The molecular weight excluding hydrogens is 166 g/mol. The zero-order valence-electron chi connectivity index (χ0n) is 7.82. The average molecular weight is 181 g/mol. The molecule has 0 amide bonds. The van der Waals surface area contributed by atoms with Crippen molar-refractivity contribution in [2.45, 2.75) is 19.4 Å². The number of fused-ring (bicyclic) bond motifs is 1. The van der Waals surface area contributed by atoms with Crippen LogP contribution in [0, 0.1) is 11.8 Å². The third-order valence-corrected chi connectivity index (χ3v) is 2.88. The molecule has 0 saturated carbocycles. The summed E-state index contributed by atoms with van der Waals surface area (Å²) in [7, 11) is 0. The Labute approximate surface area is 78.1 Å². The summed E-state index contributed by atoms with van der Waals surface area (Å²) in [5.41, 5.74) is 0. The summed E-state index contributed by atoms with van der Waals surface area (Å²) in [6.45, 7) is 3.24. The van der Waals surface area contributed by atoms with E-state index in [1.54, 1.807) is 0 Å². The second kappa shape index (κ2) is 3.50. The van der Waals surface area contributed by atoms with Crippen LogP contribution >= 0.6 is 0 Å². The van der Waals surface area contributed by atoms with Gasteiger partial charge in [0.15, 0.2) is 0 Å². The molecule has 0 aromatic heterocycles. The molecule has 0 radical (unpaired) electrons. The second-order valence-corrected chi connectivity index (χ2v) is 3.63. The minimum Gasteiger partial charge on any atom is -0.465 e. The molecule has 1 fully saturated rings. The Balaban J connectivity index is 1.98. The van der Waals surface area contributed by atoms with Crippen molar-refractivity contribution in [2.75, 3.05) is 13.2 Å². The van der Waals surface area contributed by atoms with Crippen molar-refractivity contribution < 1.29 is 9.53 Å². The SMILES string of the molecule is CCOC(=O)C1NC[C@@H]2C=CC[C@H]12. The highest BCUT2D eigenvalue weighted by Gasteiger charge is 2.40. The number of carbonyl (C=O) groups is 1. The van der Waals surface area contributed by atoms with Crippen LogP contribution in [0.3, 0.4) is 0 Å². The smallest absolute Gasteiger partial charge is 0.323 e. The van der Waals surface area contributed by atoms with Crippen molar-refractivity contribution >= 4 is 5.97 Å². The Morgan fingerprint density at radius 3 is 3.31 bits per heavy atom. The van der Waals surface area contributed by atoms with Crippen LogP contribution in [0.4, 0.5) is 0 Å². The van der Waals surface area contributed by atoms with Gasteiger partial charge in [-0.2, -0.15) is 0 Å². The maximum Gasteiger partial charge on any atom is 0.323 e. The molecule has 72 valence electrons. The zero-order chi connectivity index (χ0) is 9.26. The number of hydrogen-bond donors (Lipinski definition) is 1. The predicted molar refractivity (Wildman–Crippen MR) is 49.2 cm³/mol. The fraction of sp³-hybridized carbons (Fsp3) is 0.700. The van der Waals surface area contributed by atoms with Gasteiger partial charge in [0.25, 0.3) is 0 Å². The van der Waals surface area contributed by atoms with E-state index >= 15 is 0 Å². The summed E-state index contributed by atoms with van der Waals surface area (Å²) < 4.78 is 5.00. The molecule has 1 saturated heterocycles. The summed E-state index contributed by atoms with van der Waals surface area (Å²) in [4.78, 5) is 11.5. The molecule has 0 spiro atoms. The van der Waals surface area contributed by atoms with Gasteiger partial charge in [-0.05, 0) is 25.2 Å². The Bertz CT molecular complexity index is 237. The van der Waals surface area contributed by atoms with Crippen molar-refractivity contribution in [3.8, 4) is 0 Å². The minimum atomic E-state index is -0.0845. The van der Waals surface area contributed by atoms with Gasteiger partial charge < -0.3 is 10.1 Å². The molecule has 1 aliphatic carbocycles. The van der Waals surface area contributed by atoms with E-state index in [9.17, 15) is 4.79 Å². The van der Waals surface area contributed by atoms with Crippen molar-refractivity contribution in [2.24, 2.45) is 11.8 Å². The molecule has 2 rings (SSSR count). The fourth-order valence-corrected chi connectivity index (χ4v) is 2.24. The molecule has 3 nitrogen and oxygen atoms in total. The lowest BCUT2D eigenvalue weighted by atomic mass is 9.93. The van der Waals surface area contributed by atoms with Crippen LogP contribution < -0.4 is 5.32 Å². The highest BCUT2D eigenvalue weighted by Crippen LogP contribution is 2.32. The van der Waals surface area contributed by atoms with Gasteiger partial charge >= 0.3 is 5.97 Å². The van der Waals surface area contributed by atoms with Crippen molar-refractivity contribution in [1.82, 2.24) is 5.32 Å². The highest BCUT2D eigenvalue weighted by molar-refractivity contribution is 5.77. The van der Waals surface area contributed by atoms with Crippen LogP contribution in [0.25, 0.3) is 0 Å². The molecule has 1 heterocycles. The van der Waals surface area contributed by atoms with Gasteiger partial charge in [-0.15, -0.1) is 0 Å². The first-order chi connectivity index (χ1) is 6.33. The van der Waals surface area contributed by atoms with Crippen LogP contribution in [-0.2, 0) is 9.53 Å². The summed E-state index contributed by atoms with van der Waals surface area (Å²) in [6.07, 6.45) is 5.39. The lowest BCUT2D eigenvalue weighted by Crippen LogP contribution is -2.37. The molecule has 1 aliphatic heterocycles. The number of hydrogen-bond acceptors (Lipinski definition) is 3. The highest BCUT2D eigenvalue weighted by atomic mass is 16.5. The van der Waals surface area contributed by atoms with Gasteiger partial charge in [-0.1, -0.05) is 12.2 Å². The van der Waals surface area contributed by atoms with Gasteiger partial charge in [-0.25, -0.2) is 0 Å². The van der Waals surface area contributed by atoms with Crippen LogP contribution in [0.15, 0.2) is 12.2 Å². The topological polar surface area (TPSA) is 38.3 Å². The summed E-state index contributed by atoms with van der Waals surface area (Å²) >= 11 is 0. The van der Waals surface area contributed by atoms with Gasteiger partial charge in [0.1, 0.15) is 6.04 Å². The first-order valence-electron chi connectivity index (χ1n) is 4.89. The largest absolute Gasteiger partial charge is 0.465 e. The van der Waals surface area contributed by atoms with E-state index in [2.05, 4.69) is 17.5 Å². The Morgan fingerprint density at radius 2 is 2.54 bits per heavy atom. The van der Waals surface area contributed by atoms with Crippen LogP contribution in [0.2, 0.25) is 0 Å². The Morgan fingerprint density at radius 1 is 1.69 bits per heavy atom. The van der Waals surface area contributed by atoms with E-state index in [0.29, 0.717) is 18.4 Å². The number of esters is 1. The fourth-order valence-electron chi connectivity index (χ4n) is 2.24. The quantitative estimate of drug-likeness (QED) is 0.504. The molecule has 0 bridgehead atoms. The lowest BCUT2D eigenvalue weighted by molar-refractivity contribution is -0.146. The van der Waals surface area contributed by atoms with Crippen molar-refractivity contribution in [3.05, 3.63) is 12.2 Å². The van der Waals surface area contributed by atoms with Crippen LogP contribution in [0.5, 0.6) is 0 Å². The number of ether oxygens (including phenoxy) is 1. The van der Waals surface area contributed by atoms with Crippen molar-refractivity contribution in [3.63, 3.8) is 0 Å². The van der Waals surface area contributed by atoms with E-state index in [4.69, 9.17) is 4.74 Å². The first-order valence-corrected chi connectivity index (χ1v) is 4.89. The third-order valence-electron chi connectivity index (χ3n) is 2.88. The zero-order valence-corrected chi connectivity index (χ0v) is 7.82. The molecule has 3 heteroatoms. The maximum atomic E-state index is 11.5. The summed E-state index contributed by atoms with van der Waals surface area (Å²) in [5.74, 6) is 0.909. The number of nitrogens with one attached hydrogen (secondary N) is 1. The van der Waals surface area contributed by atoms with Crippen LogP contribution in [-0.4, -0.2) is 25.2 Å². The lowest BCUT2D eigenvalue weighted by Gasteiger charge is -2.15. The molecule has 0 aromatic rings. The Kier molecular flexibility index (Phi) is 2.36. The monoisotopic (exact) mass is 181 g/mol. The van der Waals surface area contributed by atoms with Crippen LogP contribution in [0.1, 0.15) is 13.3 Å². The summed E-state index contributed by atoms with van der Waals surface area (Å²) in [5, 5.41) is 3.22. The first kappa shape index (κ1) is 8.75. The van der Waals surface area contributed by atoms with Crippen molar-refractivity contribution in [1.29, 1.82) is 0 Å². The van der Waals surface area contributed by atoms with E-state index in [0.717, 1.165) is 13.0 Å². The average Bonchev–Trinajstić information content (AvgIpc) is 2.62. The molecule has 1 N–H and O–H groups in total. The summed E-state index contributed by atoms with van der Waals surface area (Å²) in [6, 6.07) is -0.0695. The van der Waals surface area contributed by atoms with E-state index in [-0.39, 0.29) is 12.0 Å². The predicted octanol–water partition coefficient (Wildman–Crippen LogP) is 0.714. The van der Waals surface area contributed by atoms with E-state index < -0.39 is 0 Å². The molecule has 13 heavy (non-hydrogen) atoms. The van der Waals surface area contributed by atoms with Gasteiger partial charge in [0.2, 0.25) is 0 Å². The Hall–Kier alpha value is -0.830. The maximum absolute atomic E-state index is 11.5. The standard InChI is InChI=1S/C10H15NO2/c1-2-13-10(12)9-8-5-3-4-7(8)6-11-9/h3-4,7-9,11H,2,5-6H2,1H3/t7-,8-,9?/m0/s1. The molecule has 0 aromatic carbocycles. The van der Waals surface area contributed by atoms with E-state index in [1.165, 1.54) is 0 Å².